The van der Waals surface area contributed by atoms with E-state index in [1.54, 1.807) is 0 Å². The molecule has 0 aliphatic heterocycles. The van der Waals surface area contributed by atoms with Gasteiger partial charge in [0, 0.05) is 10.6 Å². The number of nitrogens with two attached hydrogens (primary N) is 1. The molecule has 0 spiro atoms. The van der Waals surface area contributed by atoms with Gasteiger partial charge in [0.05, 0.1) is 12.1 Å². The van der Waals surface area contributed by atoms with E-state index in [1.807, 2.05) is 55.5 Å². The molecule has 106 valence electrons. The lowest BCUT2D eigenvalue weighted by Crippen LogP contribution is -2.34. The Morgan fingerprint density at radius 3 is 2.60 bits per heavy atom. The van der Waals surface area contributed by atoms with E-state index in [0.29, 0.717) is 11.6 Å². The molecule has 0 radical (unpaired) electrons. The minimum Gasteiger partial charge on any atom is -0.493 e. The highest BCUT2D eigenvalue weighted by Gasteiger charge is 2.27. The Morgan fingerprint density at radius 1 is 1.15 bits per heavy atom. The predicted molar refractivity (Wildman–Crippen MR) is 84.3 cm³/mol. The SMILES string of the molecule is CCCOc1ccccc1C(C)(N)c1cccc(Cl)c1. The summed E-state index contributed by atoms with van der Waals surface area (Å²) in [5.74, 6) is 0.833. The topological polar surface area (TPSA) is 35.2 Å². The van der Waals surface area contributed by atoms with E-state index in [-0.39, 0.29) is 0 Å². The third-order valence-corrected chi connectivity index (χ3v) is 3.57. The van der Waals surface area contributed by atoms with Crippen LogP contribution in [0.4, 0.5) is 0 Å². The lowest BCUT2D eigenvalue weighted by atomic mass is 9.85. The van der Waals surface area contributed by atoms with E-state index in [0.717, 1.165) is 23.3 Å². The lowest BCUT2D eigenvalue weighted by molar-refractivity contribution is 0.309. The monoisotopic (exact) mass is 289 g/mol. The molecule has 1 unspecified atom stereocenters. The average molecular weight is 290 g/mol. The van der Waals surface area contributed by atoms with Gasteiger partial charge in [-0.25, -0.2) is 0 Å². The van der Waals surface area contributed by atoms with Crippen LogP contribution in [0.25, 0.3) is 0 Å². The molecule has 0 saturated heterocycles. The zero-order valence-electron chi connectivity index (χ0n) is 11.9. The van der Waals surface area contributed by atoms with Crippen LogP contribution in [-0.4, -0.2) is 6.61 Å². The Hall–Kier alpha value is -1.51. The highest BCUT2D eigenvalue weighted by Crippen LogP contribution is 2.34. The molecule has 0 aliphatic rings. The van der Waals surface area contributed by atoms with Crippen molar-refractivity contribution in [1.82, 2.24) is 0 Å². The molecule has 2 aromatic rings. The van der Waals surface area contributed by atoms with Crippen LogP contribution in [-0.2, 0) is 5.54 Å². The normalized spacial score (nSPS) is 13.8. The first kappa shape index (κ1) is 14.9. The Bertz CT molecular complexity index is 581. The molecule has 0 bridgehead atoms. The minimum atomic E-state index is -0.644. The van der Waals surface area contributed by atoms with Crippen LogP contribution < -0.4 is 10.5 Å². The molecule has 0 amide bonds. The van der Waals surface area contributed by atoms with Crippen LogP contribution in [0.3, 0.4) is 0 Å². The molecule has 2 N–H and O–H groups in total. The highest BCUT2D eigenvalue weighted by molar-refractivity contribution is 6.30. The molecule has 20 heavy (non-hydrogen) atoms. The molecular formula is C17H20ClNO. The van der Waals surface area contributed by atoms with Gasteiger partial charge in [-0.1, -0.05) is 48.9 Å². The van der Waals surface area contributed by atoms with Crippen molar-refractivity contribution in [2.75, 3.05) is 6.61 Å². The maximum absolute atomic E-state index is 6.56. The van der Waals surface area contributed by atoms with E-state index in [1.165, 1.54) is 0 Å². The van der Waals surface area contributed by atoms with Gasteiger partial charge in [-0.2, -0.15) is 0 Å². The molecule has 0 fully saturated rings. The fourth-order valence-corrected chi connectivity index (χ4v) is 2.39. The number of halogens is 1. The molecular weight excluding hydrogens is 270 g/mol. The molecule has 0 aromatic heterocycles. The van der Waals surface area contributed by atoms with Crippen molar-refractivity contribution in [2.24, 2.45) is 5.73 Å². The van der Waals surface area contributed by atoms with E-state index in [9.17, 15) is 0 Å². The van der Waals surface area contributed by atoms with Gasteiger partial charge in [0.1, 0.15) is 5.75 Å². The summed E-state index contributed by atoms with van der Waals surface area (Å²) in [7, 11) is 0. The highest BCUT2D eigenvalue weighted by atomic mass is 35.5. The van der Waals surface area contributed by atoms with Gasteiger partial charge < -0.3 is 10.5 Å². The van der Waals surface area contributed by atoms with Crippen molar-refractivity contribution < 1.29 is 4.74 Å². The zero-order valence-corrected chi connectivity index (χ0v) is 12.7. The van der Waals surface area contributed by atoms with Crippen molar-refractivity contribution in [2.45, 2.75) is 25.8 Å². The molecule has 3 heteroatoms. The summed E-state index contributed by atoms with van der Waals surface area (Å²) in [6.07, 6.45) is 0.965. The lowest BCUT2D eigenvalue weighted by Gasteiger charge is -2.28. The second-order valence-electron chi connectivity index (χ2n) is 5.06. The predicted octanol–water partition coefficient (Wildman–Crippen LogP) is 4.35. The maximum atomic E-state index is 6.56. The minimum absolute atomic E-state index is 0.644. The summed E-state index contributed by atoms with van der Waals surface area (Å²) >= 11 is 6.07. The van der Waals surface area contributed by atoms with Crippen LogP contribution in [0.1, 0.15) is 31.4 Å². The second-order valence-corrected chi connectivity index (χ2v) is 5.49. The first-order valence-electron chi connectivity index (χ1n) is 6.83. The summed E-state index contributed by atoms with van der Waals surface area (Å²) < 4.78 is 5.81. The smallest absolute Gasteiger partial charge is 0.124 e. The summed E-state index contributed by atoms with van der Waals surface area (Å²) in [4.78, 5) is 0. The Labute approximate surface area is 125 Å². The van der Waals surface area contributed by atoms with Crippen molar-refractivity contribution >= 4 is 11.6 Å². The van der Waals surface area contributed by atoms with E-state index >= 15 is 0 Å². The van der Waals surface area contributed by atoms with Crippen molar-refractivity contribution in [3.63, 3.8) is 0 Å². The van der Waals surface area contributed by atoms with Gasteiger partial charge in [-0.3, -0.25) is 0 Å². The van der Waals surface area contributed by atoms with Crippen LogP contribution in [0.15, 0.2) is 48.5 Å². The van der Waals surface area contributed by atoms with Gasteiger partial charge in [-0.15, -0.1) is 0 Å². The van der Waals surface area contributed by atoms with Crippen LogP contribution in [0, 0.1) is 0 Å². The largest absolute Gasteiger partial charge is 0.493 e. The quantitative estimate of drug-likeness (QED) is 0.888. The van der Waals surface area contributed by atoms with Crippen molar-refractivity contribution in [3.8, 4) is 5.75 Å². The first-order valence-corrected chi connectivity index (χ1v) is 7.20. The third-order valence-electron chi connectivity index (χ3n) is 3.33. The standard InChI is InChI=1S/C17H20ClNO/c1-3-11-20-16-10-5-4-9-15(16)17(2,19)13-7-6-8-14(18)12-13/h4-10,12H,3,11,19H2,1-2H3. The van der Waals surface area contributed by atoms with Gasteiger partial charge in [0.25, 0.3) is 0 Å². The van der Waals surface area contributed by atoms with Crippen LogP contribution in [0.2, 0.25) is 5.02 Å². The first-order chi connectivity index (χ1) is 9.55. The zero-order chi connectivity index (χ0) is 14.6. The summed E-state index contributed by atoms with van der Waals surface area (Å²) in [5.41, 5.74) is 7.86. The molecule has 2 rings (SSSR count). The Morgan fingerprint density at radius 2 is 1.90 bits per heavy atom. The second kappa shape index (κ2) is 6.29. The summed E-state index contributed by atoms with van der Waals surface area (Å²) in [6.45, 7) is 4.75. The molecule has 2 nitrogen and oxygen atoms in total. The summed E-state index contributed by atoms with van der Waals surface area (Å²) in [5, 5.41) is 0.686. The van der Waals surface area contributed by atoms with E-state index in [4.69, 9.17) is 22.1 Å². The molecule has 0 heterocycles. The molecule has 1 atom stereocenters. The van der Waals surface area contributed by atoms with Gasteiger partial charge in [-0.05, 0) is 37.1 Å². The van der Waals surface area contributed by atoms with Crippen molar-refractivity contribution in [1.29, 1.82) is 0 Å². The Balaban J connectivity index is 2.43. The van der Waals surface area contributed by atoms with E-state index in [2.05, 4.69) is 6.92 Å². The molecule has 2 aromatic carbocycles. The number of hydrogen-bond donors (Lipinski definition) is 1. The number of rotatable bonds is 5. The average Bonchev–Trinajstić information content (AvgIpc) is 2.45. The van der Waals surface area contributed by atoms with E-state index < -0.39 is 5.54 Å². The fraction of sp³-hybridized carbons (Fsp3) is 0.294. The van der Waals surface area contributed by atoms with Crippen LogP contribution >= 0.6 is 11.6 Å². The molecule has 0 saturated carbocycles. The van der Waals surface area contributed by atoms with Crippen LogP contribution in [0.5, 0.6) is 5.75 Å². The van der Waals surface area contributed by atoms with Crippen molar-refractivity contribution in [3.05, 3.63) is 64.7 Å². The van der Waals surface area contributed by atoms with Gasteiger partial charge >= 0.3 is 0 Å². The Kier molecular flexibility index (Phi) is 4.69. The number of hydrogen-bond acceptors (Lipinski definition) is 2. The fourth-order valence-electron chi connectivity index (χ4n) is 2.20. The van der Waals surface area contributed by atoms with Gasteiger partial charge in [0.2, 0.25) is 0 Å². The summed E-state index contributed by atoms with van der Waals surface area (Å²) in [6, 6.07) is 15.6. The number of ether oxygens (including phenoxy) is 1. The third kappa shape index (κ3) is 3.14. The maximum Gasteiger partial charge on any atom is 0.124 e. The molecule has 0 aliphatic carbocycles. The van der Waals surface area contributed by atoms with Gasteiger partial charge in [0.15, 0.2) is 0 Å². The number of para-hydroxylation sites is 1. The number of benzene rings is 2.